The molecule has 3 saturated carbocycles. The number of nitrogens with one attached hydrogen (secondary N) is 1. The molecule has 7 heteroatoms. The SMILES string of the molecule is C=C1CC23C=CC(=O)C(C)(CCCC(C)C(=O)NC(CCC(N)=O)C(=O)O)C2CC1CC3. The van der Waals surface area contributed by atoms with Gasteiger partial charge in [0.2, 0.25) is 11.8 Å². The van der Waals surface area contributed by atoms with Crippen molar-refractivity contribution < 1.29 is 24.3 Å². The smallest absolute Gasteiger partial charge is 0.326 e. The van der Waals surface area contributed by atoms with E-state index in [4.69, 9.17) is 5.73 Å². The molecule has 176 valence electrons. The summed E-state index contributed by atoms with van der Waals surface area (Å²) in [6.45, 7) is 8.13. The predicted molar refractivity (Wildman–Crippen MR) is 120 cm³/mol. The van der Waals surface area contributed by atoms with E-state index in [1.165, 1.54) is 5.57 Å². The molecule has 2 bridgehead atoms. The number of nitrogens with two attached hydrogens (primary N) is 1. The summed E-state index contributed by atoms with van der Waals surface area (Å²) in [5.74, 6) is -1.52. The summed E-state index contributed by atoms with van der Waals surface area (Å²) in [6, 6.07) is -1.13. The third-order valence-electron chi connectivity index (χ3n) is 8.28. The fourth-order valence-electron chi connectivity index (χ4n) is 6.22. The van der Waals surface area contributed by atoms with Crippen LogP contribution < -0.4 is 11.1 Å². The molecule has 4 aliphatic rings. The third kappa shape index (κ3) is 4.66. The van der Waals surface area contributed by atoms with Crippen molar-refractivity contribution in [3.8, 4) is 0 Å². The zero-order valence-electron chi connectivity index (χ0n) is 19.2. The van der Waals surface area contributed by atoms with Gasteiger partial charge >= 0.3 is 5.97 Å². The average molecular weight is 445 g/mol. The third-order valence-corrected chi connectivity index (χ3v) is 8.28. The van der Waals surface area contributed by atoms with Crippen molar-refractivity contribution in [3.05, 3.63) is 24.3 Å². The van der Waals surface area contributed by atoms with E-state index in [0.29, 0.717) is 31.1 Å². The first-order chi connectivity index (χ1) is 15.0. The van der Waals surface area contributed by atoms with Gasteiger partial charge < -0.3 is 16.2 Å². The van der Waals surface area contributed by atoms with Crippen LogP contribution in [0.5, 0.6) is 0 Å². The Kier molecular flexibility index (Phi) is 6.96. The highest BCUT2D eigenvalue weighted by Crippen LogP contribution is 2.64. The molecule has 32 heavy (non-hydrogen) atoms. The first-order valence-electron chi connectivity index (χ1n) is 11.7. The van der Waals surface area contributed by atoms with Crippen LogP contribution in [0.1, 0.15) is 71.6 Å². The minimum absolute atomic E-state index is 0.0295. The Bertz CT molecular complexity index is 849. The van der Waals surface area contributed by atoms with Crippen molar-refractivity contribution in [1.29, 1.82) is 0 Å². The van der Waals surface area contributed by atoms with Gasteiger partial charge in [-0.3, -0.25) is 14.4 Å². The number of carbonyl (C=O) groups is 4. The highest BCUT2D eigenvalue weighted by molar-refractivity contribution is 5.96. The molecule has 4 N–H and O–H groups in total. The molecule has 1 spiro atoms. The lowest BCUT2D eigenvalue weighted by Gasteiger charge is -2.59. The summed E-state index contributed by atoms with van der Waals surface area (Å²) in [6.07, 6.45) is 10.0. The molecular formula is C25H36N2O5. The molecule has 4 aliphatic carbocycles. The van der Waals surface area contributed by atoms with E-state index in [1.807, 2.05) is 0 Å². The number of carbonyl (C=O) groups excluding carboxylic acids is 3. The Morgan fingerprint density at radius 2 is 2.06 bits per heavy atom. The number of rotatable bonds is 10. The normalized spacial score (nSPS) is 32.8. The number of hydrogen-bond acceptors (Lipinski definition) is 4. The van der Waals surface area contributed by atoms with E-state index >= 15 is 0 Å². The molecule has 6 unspecified atom stereocenters. The fraction of sp³-hybridized carbons (Fsp3) is 0.680. The number of amides is 2. The molecular weight excluding hydrogens is 408 g/mol. The summed E-state index contributed by atoms with van der Waals surface area (Å²) in [5, 5.41) is 11.8. The van der Waals surface area contributed by atoms with Crippen LogP contribution in [0, 0.1) is 28.6 Å². The number of fused-ring (bicyclic) bond motifs is 2. The van der Waals surface area contributed by atoms with Crippen LogP contribution in [0.3, 0.4) is 0 Å². The second kappa shape index (κ2) is 9.20. The number of hydrogen-bond donors (Lipinski definition) is 3. The lowest BCUT2D eigenvalue weighted by atomic mass is 9.44. The second-order valence-electron chi connectivity index (χ2n) is 10.4. The van der Waals surface area contributed by atoms with E-state index in [-0.39, 0.29) is 35.9 Å². The van der Waals surface area contributed by atoms with Crippen molar-refractivity contribution in [2.75, 3.05) is 0 Å². The molecule has 0 radical (unpaired) electrons. The monoisotopic (exact) mass is 444 g/mol. The Labute approximate surface area is 189 Å². The zero-order chi connectivity index (χ0) is 23.7. The van der Waals surface area contributed by atoms with E-state index in [0.717, 1.165) is 25.7 Å². The van der Waals surface area contributed by atoms with Crippen LogP contribution in [-0.4, -0.2) is 34.7 Å². The van der Waals surface area contributed by atoms with Gasteiger partial charge in [0.25, 0.3) is 0 Å². The topological polar surface area (TPSA) is 127 Å². The van der Waals surface area contributed by atoms with Gasteiger partial charge in [-0.25, -0.2) is 4.79 Å². The Balaban J connectivity index is 1.58. The minimum atomic E-state index is -1.18. The maximum atomic E-state index is 13.0. The van der Waals surface area contributed by atoms with Crippen LogP contribution >= 0.6 is 0 Å². The second-order valence-corrected chi connectivity index (χ2v) is 10.4. The quantitative estimate of drug-likeness (QED) is 0.446. The van der Waals surface area contributed by atoms with Crippen LogP contribution in [0.2, 0.25) is 0 Å². The minimum Gasteiger partial charge on any atom is -0.480 e. The van der Waals surface area contributed by atoms with Crippen LogP contribution in [0.15, 0.2) is 24.3 Å². The maximum Gasteiger partial charge on any atom is 0.326 e. The molecule has 3 fully saturated rings. The van der Waals surface area contributed by atoms with Gasteiger partial charge in [0, 0.05) is 17.8 Å². The summed E-state index contributed by atoms with van der Waals surface area (Å²) >= 11 is 0. The van der Waals surface area contributed by atoms with Gasteiger partial charge in [-0.1, -0.05) is 38.5 Å². The van der Waals surface area contributed by atoms with Crippen LogP contribution in [-0.2, 0) is 19.2 Å². The van der Waals surface area contributed by atoms with Crippen molar-refractivity contribution in [2.24, 2.45) is 34.3 Å². The van der Waals surface area contributed by atoms with Crippen molar-refractivity contribution in [2.45, 2.75) is 77.7 Å². The highest BCUT2D eigenvalue weighted by atomic mass is 16.4. The Morgan fingerprint density at radius 1 is 1.34 bits per heavy atom. The molecule has 0 aromatic carbocycles. The number of aliphatic carboxylic acids is 1. The molecule has 0 aliphatic heterocycles. The lowest BCUT2D eigenvalue weighted by molar-refractivity contribution is -0.143. The molecule has 0 saturated heterocycles. The average Bonchev–Trinajstić information content (AvgIpc) is 2.73. The number of carboxylic acid groups (broad SMARTS) is 1. The van der Waals surface area contributed by atoms with Gasteiger partial charge in [0.15, 0.2) is 5.78 Å². The van der Waals surface area contributed by atoms with E-state index in [1.54, 1.807) is 13.0 Å². The maximum absolute atomic E-state index is 13.0. The van der Waals surface area contributed by atoms with Gasteiger partial charge in [0.1, 0.15) is 6.04 Å². The van der Waals surface area contributed by atoms with Gasteiger partial charge in [-0.05, 0) is 68.3 Å². The van der Waals surface area contributed by atoms with E-state index < -0.39 is 23.3 Å². The standard InChI is InChI=1S/C25H36N2O5/c1-15(22(30)27-18(23(31)32)6-7-21(26)29)5-4-10-24(3)19-13-17-8-11-25(19,14-16(17)2)12-9-20(24)28/h9,12,15,17-19H,2,4-8,10-11,13-14H2,1,3H3,(H2,26,29)(H,27,30)(H,31,32). The molecule has 0 heterocycles. The Morgan fingerprint density at radius 3 is 2.69 bits per heavy atom. The van der Waals surface area contributed by atoms with Crippen LogP contribution in [0.4, 0.5) is 0 Å². The van der Waals surface area contributed by atoms with Gasteiger partial charge in [0.05, 0.1) is 0 Å². The van der Waals surface area contributed by atoms with Gasteiger partial charge in [-0.2, -0.15) is 0 Å². The van der Waals surface area contributed by atoms with E-state index in [2.05, 4.69) is 24.9 Å². The van der Waals surface area contributed by atoms with Crippen molar-refractivity contribution >= 4 is 23.6 Å². The zero-order valence-corrected chi connectivity index (χ0v) is 19.2. The molecule has 6 atom stereocenters. The molecule has 4 rings (SSSR count). The van der Waals surface area contributed by atoms with Crippen molar-refractivity contribution in [1.82, 2.24) is 5.32 Å². The number of ketones is 1. The first kappa shape index (κ1) is 24.2. The predicted octanol–water partition coefficient (Wildman–Crippen LogP) is 3.14. The number of primary amides is 1. The Hall–Kier alpha value is -2.44. The fourth-order valence-corrected chi connectivity index (χ4v) is 6.22. The van der Waals surface area contributed by atoms with Gasteiger partial charge in [-0.15, -0.1) is 0 Å². The first-order valence-corrected chi connectivity index (χ1v) is 11.7. The number of allylic oxidation sites excluding steroid dienone is 3. The number of carboxylic acids is 1. The molecule has 0 aromatic heterocycles. The highest BCUT2D eigenvalue weighted by Gasteiger charge is 2.57. The summed E-state index contributed by atoms with van der Waals surface area (Å²) in [4.78, 5) is 47.8. The van der Waals surface area contributed by atoms with E-state index in [9.17, 15) is 24.3 Å². The van der Waals surface area contributed by atoms with Crippen molar-refractivity contribution in [3.63, 3.8) is 0 Å². The molecule has 2 amide bonds. The summed E-state index contributed by atoms with van der Waals surface area (Å²) in [7, 11) is 0. The lowest BCUT2D eigenvalue weighted by Crippen LogP contribution is -2.53. The summed E-state index contributed by atoms with van der Waals surface area (Å²) in [5.41, 5.74) is 6.02. The molecule has 0 aromatic rings. The van der Waals surface area contributed by atoms with Crippen LogP contribution in [0.25, 0.3) is 0 Å². The molecule has 7 nitrogen and oxygen atoms in total. The largest absolute Gasteiger partial charge is 0.480 e. The summed E-state index contributed by atoms with van der Waals surface area (Å²) < 4.78 is 0.